The number of nitrogens with zero attached hydrogens (tertiary/aromatic N) is 1. The summed E-state index contributed by atoms with van der Waals surface area (Å²) in [6, 6.07) is 58.3. The minimum Gasteiger partial charge on any atom is -0.494 e. The Morgan fingerprint density at radius 2 is 0.950 bits per heavy atom. The molecule has 420 valence electrons. The summed E-state index contributed by atoms with van der Waals surface area (Å²) in [6.07, 6.45) is 14.0. The van der Waals surface area contributed by atoms with E-state index in [2.05, 4.69) is 211 Å². The lowest BCUT2D eigenvalue weighted by molar-refractivity contribution is -0.137. The fourth-order valence-corrected chi connectivity index (χ4v) is 12.6. The van der Waals surface area contributed by atoms with Crippen molar-refractivity contribution >= 4 is 17.1 Å². The fraction of sp³-hybridized carbons (Fsp3) is 0.432. The van der Waals surface area contributed by atoms with E-state index in [1.165, 1.54) is 83.0 Å². The fourth-order valence-electron chi connectivity index (χ4n) is 12.6. The van der Waals surface area contributed by atoms with Gasteiger partial charge in [-0.2, -0.15) is 0 Å². The second-order valence-corrected chi connectivity index (χ2v) is 24.9. The number of hydrogen-bond acceptors (Lipinski definition) is 6. The minimum atomic E-state index is -0.515. The molecule has 1 spiro atoms. The van der Waals surface area contributed by atoms with Crippen LogP contribution in [0, 0.1) is 29.1 Å². The maximum Gasteiger partial charge on any atom is 0.127 e. The van der Waals surface area contributed by atoms with Crippen LogP contribution in [0.3, 0.4) is 0 Å². The number of ether oxygens (including phenoxy) is 5. The maximum absolute atomic E-state index is 7.13. The number of anilines is 3. The predicted molar refractivity (Wildman–Crippen MR) is 332 cm³/mol. The molecule has 0 radical (unpaired) electrons. The molecule has 6 heteroatoms. The summed E-state index contributed by atoms with van der Waals surface area (Å²) in [6.45, 7) is 21.6. The quantitative estimate of drug-likeness (QED) is 0.0418. The SMILES string of the molecule is CC(C)CCCC(C)CCOc1ccc2c(c1)-c1cc(OCCC(C)CCCC(C)C)c(-c3ccc(N(c4ccccc4)c4ccc(OCCCCCCOCC5(C)COC5)cc4)cc3)cc1C21c2ccccc2-c2ccccc21. The molecule has 7 aromatic carbocycles. The highest BCUT2D eigenvalue weighted by Crippen LogP contribution is 2.64. The summed E-state index contributed by atoms with van der Waals surface area (Å²) in [5.41, 5.74) is 15.4. The lowest BCUT2D eigenvalue weighted by atomic mass is 9.70. The van der Waals surface area contributed by atoms with Crippen molar-refractivity contribution < 1.29 is 23.7 Å². The summed E-state index contributed by atoms with van der Waals surface area (Å²) < 4.78 is 31.4. The monoisotopic (exact) mass is 1070 g/mol. The van der Waals surface area contributed by atoms with Crippen molar-refractivity contribution in [3.05, 3.63) is 180 Å². The Labute approximate surface area is 480 Å². The first kappa shape index (κ1) is 56.9. The van der Waals surface area contributed by atoms with Gasteiger partial charge in [0.05, 0.1) is 45.1 Å². The summed E-state index contributed by atoms with van der Waals surface area (Å²) in [5, 5.41) is 0. The Hall–Kier alpha value is -6.34. The second kappa shape index (κ2) is 26.5. The van der Waals surface area contributed by atoms with Crippen molar-refractivity contribution in [2.75, 3.05) is 51.1 Å². The zero-order chi connectivity index (χ0) is 55.5. The molecule has 0 saturated carbocycles. The number of fused-ring (bicyclic) bond motifs is 10. The second-order valence-electron chi connectivity index (χ2n) is 24.9. The van der Waals surface area contributed by atoms with Gasteiger partial charge >= 0.3 is 0 Å². The zero-order valence-electron chi connectivity index (χ0n) is 49.2. The summed E-state index contributed by atoms with van der Waals surface area (Å²) >= 11 is 0. The largest absolute Gasteiger partial charge is 0.494 e. The van der Waals surface area contributed by atoms with Crippen LogP contribution in [-0.2, 0) is 14.9 Å². The number of para-hydroxylation sites is 1. The van der Waals surface area contributed by atoms with Gasteiger partial charge in [-0.25, -0.2) is 0 Å². The van der Waals surface area contributed by atoms with Crippen molar-refractivity contribution in [3.8, 4) is 50.6 Å². The van der Waals surface area contributed by atoms with Crippen LogP contribution in [0.1, 0.15) is 148 Å². The molecule has 0 N–H and O–H groups in total. The van der Waals surface area contributed by atoms with E-state index in [0.717, 1.165) is 122 Å². The molecule has 6 nitrogen and oxygen atoms in total. The van der Waals surface area contributed by atoms with Gasteiger partial charge < -0.3 is 28.6 Å². The van der Waals surface area contributed by atoms with E-state index in [9.17, 15) is 0 Å². The van der Waals surface area contributed by atoms with E-state index in [1.54, 1.807) is 0 Å². The third-order valence-corrected chi connectivity index (χ3v) is 17.2. The van der Waals surface area contributed by atoms with E-state index >= 15 is 0 Å². The van der Waals surface area contributed by atoms with Crippen LogP contribution < -0.4 is 19.1 Å². The van der Waals surface area contributed by atoms with Gasteiger partial charge in [0.2, 0.25) is 0 Å². The van der Waals surface area contributed by atoms with E-state index in [-0.39, 0.29) is 5.41 Å². The normalized spacial score (nSPS) is 15.0. The van der Waals surface area contributed by atoms with Gasteiger partial charge in [0, 0.05) is 34.6 Å². The first-order valence-electron chi connectivity index (χ1n) is 30.6. The predicted octanol–water partition coefficient (Wildman–Crippen LogP) is 19.6. The van der Waals surface area contributed by atoms with Crippen LogP contribution in [0.25, 0.3) is 33.4 Å². The van der Waals surface area contributed by atoms with Gasteiger partial charge in [0.15, 0.2) is 0 Å². The van der Waals surface area contributed by atoms with Crippen molar-refractivity contribution in [2.45, 2.75) is 131 Å². The van der Waals surface area contributed by atoms with Gasteiger partial charge in [0.25, 0.3) is 0 Å². The molecule has 2 atom stereocenters. The van der Waals surface area contributed by atoms with E-state index in [1.807, 2.05) is 0 Å². The molecule has 1 aliphatic heterocycles. The third kappa shape index (κ3) is 13.0. The molecule has 10 rings (SSSR count). The number of hydrogen-bond donors (Lipinski definition) is 0. The van der Waals surface area contributed by atoms with Crippen LogP contribution in [0.2, 0.25) is 0 Å². The molecule has 1 fully saturated rings. The average Bonchev–Trinajstić information content (AvgIpc) is 3.68. The van der Waals surface area contributed by atoms with Gasteiger partial charge in [0.1, 0.15) is 17.2 Å². The highest BCUT2D eigenvalue weighted by molar-refractivity contribution is 5.97. The van der Waals surface area contributed by atoms with E-state index in [4.69, 9.17) is 23.7 Å². The van der Waals surface area contributed by atoms with Crippen molar-refractivity contribution in [1.29, 1.82) is 0 Å². The Kier molecular flexibility index (Phi) is 18.9. The molecule has 7 aromatic rings. The minimum absolute atomic E-state index is 0.213. The number of benzene rings is 7. The molecule has 80 heavy (non-hydrogen) atoms. The molecular formula is C74H89NO5. The first-order valence-corrected chi connectivity index (χ1v) is 30.6. The van der Waals surface area contributed by atoms with Crippen LogP contribution in [-0.4, -0.2) is 46.2 Å². The van der Waals surface area contributed by atoms with E-state index in [0.29, 0.717) is 31.7 Å². The van der Waals surface area contributed by atoms with Crippen molar-refractivity contribution in [3.63, 3.8) is 0 Å². The van der Waals surface area contributed by atoms with Crippen LogP contribution >= 0.6 is 0 Å². The molecule has 1 heterocycles. The molecule has 0 amide bonds. The van der Waals surface area contributed by atoms with Crippen molar-refractivity contribution in [2.24, 2.45) is 29.1 Å². The number of unbranched alkanes of at least 4 members (excludes halogenated alkanes) is 3. The molecule has 2 unspecified atom stereocenters. The third-order valence-electron chi connectivity index (χ3n) is 17.2. The summed E-state index contributed by atoms with van der Waals surface area (Å²) in [4.78, 5) is 2.33. The highest BCUT2D eigenvalue weighted by atomic mass is 16.5. The topological polar surface area (TPSA) is 49.4 Å². The Morgan fingerprint density at radius 3 is 1.56 bits per heavy atom. The van der Waals surface area contributed by atoms with Crippen LogP contribution in [0.4, 0.5) is 17.1 Å². The Morgan fingerprint density at radius 1 is 0.425 bits per heavy atom. The van der Waals surface area contributed by atoms with Crippen LogP contribution in [0.15, 0.2) is 158 Å². The first-order chi connectivity index (χ1) is 39.0. The summed E-state index contributed by atoms with van der Waals surface area (Å²) in [7, 11) is 0. The van der Waals surface area contributed by atoms with Gasteiger partial charge in [-0.3, -0.25) is 0 Å². The van der Waals surface area contributed by atoms with Crippen molar-refractivity contribution in [1.82, 2.24) is 0 Å². The molecule has 0 bridgehead atoms. The lowest BCUT2D eigenvalue weighted by Gasteiger charge is -2.37. The van der Waals surface area contributed by atoms with E-state index < -0.39 is 5.41 Å². The molecular weight excluding hydrogens is 983 g/mol. The number of rotatable bonds is 30. The Bertz CT molecular complexity index is 3040. The zero-order valence-corrected chi connectivity index (χ0v) is 49.2. The molecule has 2 aliphatic carbocycles. The van der Waals surface area contributed by atoms with Gasteiger partial charge in [-0.1, -0.05) is 178 Å². The highest BCUT2D eigenvalue weighted by Gasteiger charge is 2.52. The molecule has 0 aromatic heterocycles. The molecule has 1 saturated heterocycles. The average molecular weight is 1070 g/mol. The van der Waals surface area contributed by atoms with Gasteiger partial charge in [-0.15, -0.1) is 0 Å². The molecule has 3 aliphatic rings. The summed E-state index contributed by atoms with van der Waals surface area (Å²) in [5.74, 6) is 5.41. The standard InChI is InChI=1S/C74H89NO5/c1-53(2)21-19-23-55(5)41-45-79-62-39-40-70-66(47-62)67-49-72(80-46-42-56(6)24-20-22-54(3)4)65(48-71(67)74(70)68-29-15-13-27-63(68)64-28-14-16-30-69(64)74)57-31-33-59(34-32-57)75(58-25-11-10-12-26-58)60-35-37-61(38-36-60)78-44-18-9-8-17-43-76-50-73(7)51-77-52-73/h10-16,25-40,47-49,53-56H,8-9,17-24,41-46,50-52H2,1-7H3. The maximum atomic E-state index is 7.13. The smallest absolute Gasteiger partial charge is 0.127 e. The van der Waals surface area contributed by atoms with Gasteiger partial charge in [-0.05, 0) is 179 Å². The lowest BCUT2D eigenvalue weighted by Crippen LogP contribution is -2.43. The Balaban J connectivity index is 0.952. The van der Waals surface area contributed by atoms with Crippen LogP contribution in [0.5, 0.6) is 17.2 Å².